The van der Waals surface area contributed by atoms with Gasteiger partial charge in [-0.05, 0) is 90.7 Å². The number of aliphatic hydroxyl groups is 2. The quantitative estimate of drug-likeness (QED) is 0.597. The maximum absolute atomic E-state index is 12.4. The van der Waals surface area contributed by atoms with Gasteiger partial charge in [-0.2, -0.15) is 0 Å². The van der Waals surface area contributed by atoms with E-state index in [1.165, 1.54) is 11.1 Å². The summed E-state index contributed by atoms with van der Waals surface area (Å²) in [4.78, 5) is 12.4. The van der Waals surface area contributed by atoms with Crippen molar-refractivity contribution in [2.24, 2.45) is 17.3 Å². The van der Waals surface area contributed by atoms with Crippen molar-refractivity contribution in [3.05, 3.63) is 65.2 Å². The molecule has 0 saturated heterocycles. The molecule has 0 heterocycles. The van der Waals surface area contributed by atoms with Crippen LogP contribution < -0.4 is 4.74 Å². The lowest BCUT2D eigenvalue weighted by molar-refractivity contribution is -0.0505. The van der Waals surface area contributed by atoms with Crippen molar-refractivity contribution in [1.82, 2.24) is 0 Å². The Morgan fingerprint density at radius 3 is 2.69 bits per heavy atom. The second kappa shape index (κ2) is 6.96. The number of carbonyl (C=O) groups excluding carboxylic acids is 1. The molecule has 0 aromatic heterocycles. The lowest BCUT2D eigenvalue weighted by atomic mass is 9.55. The number of carbonyl (C=O) groups is 1. The van der Waals surface area contributed by atoms with E-state index in [-0.39, 0.29) is 11.4 Å². The molecule has 4 heteroatoms. The van der Waals surface area contributed by atoms with Gasteiger partial charge in [0, 0.05) is 0 Å². The molecule has 2 N–H and O–H groups in total. The van der Waals surface area contributed by atoms with Crippen molar-refractivity contribution < 1.29 is 19.7 Å². The van der Waals surface area contributed by atoms with Gasteiger partial charge >= 0.3 is 5.97 Å². The largest absolute Gasteiger partial charge is 0.423 e. The molecule has 2 saturated carbocycles. The van der Waals surface area contributed by atoms with E-state index in [0.29, 0.717) is 35.5 Å². The van der Waals surface area contributed by atoms with E-state index in [4.69, 9.17) is 4.74 Å². The monoisotopic (exact) mass is 392 g/mol. The molecular formula is C25H28O4. The second-order valence-corrected chi connectivity index (χ2v) is 9.32. The van der Waals surface area contributed by atoms with Gasteiger partial charge < -0.3 is 14.9 Å². The highest BCUT2D eigenvalue weighted by Gasteiger charge is 2.57. The number of benzene rings is 2. The van der Waals surface area contributed by atoms with Crippen LogP contribution in [0, 0.1) is 17.3 Å². The fraction of sp³-hybridized carbons (Fsp3) is 0.480. The fourth-order valence-electron chi connectivity index (χ4n) is 6.35. The standard InChI is InChI=1S/C25H28O4/c1-25-12-11-19-18-10-8-17(29-24(28)15-5-3-2-4-6-15)13-16(18)7-9-20(19)21(25)14-22(26)23(25)27/h2-6,8,10,13,19-23,26-27H,7,9,11-12,14H2,1H3/t19?,20?,21?,22-,23+,25+/m1/s1. The molecule has 6 atom stereocenters. The number of hydrogen-bond donors (Lipinski definition) is 2. The molecule has 3 aliphatic carbocycles. The molecule has 2 aromatic rings. The molecule has 2 fully saturated rings. The van der Waals surface area contributed by atoms with Crippen LogP contribution >= 0.6 is 0 Å². The Balaban J connectivity index is 1.37. The lowest BCUT2D eigenvalue weighted by Crippen LogP contribution is -2.44. The summed E-state index contributed by atoms with van der Waals surface area (Å²) >= 11 is 0. The predicted octanol–water partition coefficient (Wildman–Crippen LogP) is 4.09. The van der Waals surface area contributed by atoms with Crippen molar-refractivity contribution >= 4 is 5.97 Å². The van der Waals surface area contributed by atoms with Gasteiger partial charge in [0.1, 0.15) is 5.75 Å². The molecule has 0 radical (unpaired) electrons. The first-order chi connectivity index (χ1) is 14.0. The fourth-order valence-corrected chi connectivity index (χ4v) is 6.35. The Kier molecular flexibility index (Phi) is 4.52. The normalized spacial score (nSPS) is 35.3. The van der Waals surface area contributed by atoms with E-state index >= 15 is 0 Å². The molecule has 29 heavy (non-hydrogen) atoms. The van der Waals surface area contributed by atoms with Gasteiger partial charge in [-0.25, -0.2) is 4.79 Å². The minimum absolute atomic E-state index is 0.163. The van der Waals surface area contributed by atoms with Crippen LogP contribution in [0.2, 0.25) is 0 Å². The van der Waals surface area contributed by atoms with E-state index in [1.807, 2.05) is 30.3 Å². The second-order valence-electron chi connectivity index (χ2n) is 9.32. The first kappa shape index (κ1) is 18.8. The number of rotatable bonds is 2. The Morgan fingerprint density at radius 1 is 1.10 bits per heavy atom. The Bertz CT molecular complexity index is 924. The summed E-state index contributed by atoms with van der Waals surface area (Å²) in [6.45, 7) is 2.16. The topological polar surface area (TPSA) is 66.8 Å². The Hall–Kier alpha value is -2.17. The van der Waals surface area contributed by atoms with Crippen LogP contribution in [0.5, 0.6) is 5.75 Å². The molecule has 3 unspecified atom stereocenters. The number of esters is 1. The van der Waals surface area contributed by atoms with Crippen LogP contribution in [0.1, 0.15) is 60.0 Å². The summed E-state index contributed by atoms with van der Waals surface area (Å²) in [6, 6.07) is 15.1. The smallest absolute Gasteiger partial charge is 0.343 e. The number of ether oxygens (including phenoxy) is 1. The van der Waals surface area contributed by atoms with Crippen LogP contribution in [-0.2, 0) is 6.42 Å². The van der Waals surface area contributed by atoms with E-state index in [2.05, 4.69) is 13.0 Å². The zero-order valence-electron chi connectivity index (χ0n) is 16.8. The van der Waals surface area contributed by atoms with Crippen LogP contribution in [0.15, 0.2) is 48.5 Å². The number of aryl methyl sites for hydroxylation is 1. The predicted molar refractivity (Wildman–Crippen MR) is 110 cm³/mol. The maximum Gasteiger partial charge on any atom is 0.343 e. The van der Waals surface area contributed by atoms with Gasteiger partial charge in [0.15, 0.2) is 0 Å². The molecule has 152 valence electrons. The third-order valence-corrected chi connectivity index (χ3v) is 7.89. The molecule has 2 aromatic carbocycles. The molecule has 5 rings (SSSR count). The molecular weight excluding hydrogens is 364 g/mol. The van der Waals surface area contributed by atoms with Gasteiger partial charge in [0.05, 0.1) is 17.8 Å². The van der Waals surface area contributed by atoms with Crippen LogP contribution in [0.3, 0.4) is 0 Å². The highest BCUT2D eigenvalue weighted by molar-refractivity contribution is 5.91. The summed E-state index contributed by atoms with van der Waals surface area (Å²) in [5, 5.41) is 20.8. The number of hydrogen-bond acceptors (Lipinski definition) is 4. The molecule has 0 amide bonds. The van der Waals surface area contributed by atoms with Gasteiger partial charge in [0.2, 0.25) is 0 Å². The average molecular weight is 392 g/mol. The van der Waals surface area contributed by atoms with Crippen LogP contribution in [0.4, 0.5) is 0 Å². The minimum atomic E-state index is -0.602. The highest BCUT2D eigenvalue weighted by atomic mass is 16.5. The summed E-state index contributed by atoms with van der Waals surface area (Å²) in [5.74, 6) is 1.61. The summed E-state index contributed by atoms with van der Waals surface area (Å²) in [7, 11) is 0. The van der Waals surface area contributed by atoms with E-state index in [9.17, 15) is 15.0 Å². The maximum atomic E-state index is 12.4. The van der Waals surface area contributed by atoms with E-state index in [0.717, 1.165) is 25.7 Å². The zero-order valence-corrected chi connectivity index (χ0v) is 16.8. The van der Waals surface area contributed by atoms with Crippen molar-refractivity contribution in [3.8, 4) is 5.75 Å². The van der Waals surface area contributed by atoms with Gasteiger partial charge in [-0.15, -0.1) is 0 Å². The van der Waals surface area contributed by atoms with E-state index in [1.54, 1.807) is 12.1 Å². The van der Waals surface area contributed by atoms with Crippen molar-refractivity contribution in [2.45, 2.75) is 57.2 Å². The summed E-state index contributed by atoms with van der Waals surface area (Å²) in [6.07, 6.45) is 3.51. The third kappa shape index (κ3) is 3.01. The number of aliphatic hydroxyl groups excluding tert-OH is 2. The van der Waals surface area contributed by atoms with Crippen molar-refractivity contribution in [1.29, 1.82) is 0 Å². The molecule has 3 aliphatic rings. The first-order valence-electron chi connectivity index (χ1n) is 10.7. The Labute approximate surface area is 171 Å². The zero-order chi connectivity index (χ0) is 20.2. The highest BCUT2D eigenvalue weighted by Crippen LogP contribution is 2.60. The number of fused-ring (bicyclic) bond motifs is 5. The van der Waals surface area contributed by atoms with Gasteiger partial charge in [-0.1, -0.05) is 31.2 Å². The average Bonchev–Trinajstić information content (AvgIpc) is 2.98. The minimum Gasteiger partial charge on any atom is -0.423 e. The SMILES string of the molecule is C[C@]12CCC3c4ccc(OC(=O)c5ccccc5)cc4CCC3C1C[C@@H](O)[C@@H]2O. The summed E-state index contributed by atoms with van der Waals surface area (Å²) < 4.78 is 5.61. The molecule has 0 spiro atoms. The third-order valence-electron chi connectivity index (χ3n) is 7.89. The summed E-state index contributed by atoms with van der Waals surface area (Å²) in [5.41, 5.74) is 3.02. The van der Waals surface area contributed by atoms with Gasteiger partial charge in [-0.3, -0.25) is 0 Å². The van der Waals surface area contributed by atoms with E-state index < -0.39 is 12.2 Å². The van der Waals surface area contributed by atoms with Crippen LogP contribution in [0.25, 0.3) is 0 Å². The molecule has 4 nitrogen and oxygen atoms in total. The lowest BCUT2D eigenvalue weighted by Gasteiger charge is -2.49. The van der Waals surface area contributed by atoms with Crippen LogP contribution in [-0.4, -0.2) is 28.4 Å². The first-order valence-corrected chi connectivity index (χ1v) is 10.7. The molecule has 0 bridgehead atoms. The molecule has 0 aliphatic heterocycles. The Morgan fingerprint density at radius 2 is 1.90 bits per heavy atom. The van der Waals surface area contributed by atoms with Gasteiger partial charge in [0.25, 0.3) is 0 Å². The van der Waals surface area contributed by atoms with Crippen molar-refractivity contribution in [3.63, 3.8) is 0 Å². The van der Waals surface area contributed by atoms with Crippen molar-refractivity contribution in [2.75, 3.05) is 0 Å².